The van der Waals surface area contributed by atoms with Crippen LogP contribution in [0.25, 0.3) is 10.9 Å². The molecule has 3 amide bonds. The number of aromatic nitrogens is 1. The molecule has 0 aliphatic rings. The summed E-state index contributed by atoms with van der Waals surface area (Å²) < 4.78 is 0. The summed E-state index contributed by atoms with van der Waals surface area (Å²) in [5.41, 5.74) is 3.49. The first-order valence-electron chi connectivity index (χ1n) is 9.35. The molecule has 0 saturated carbocycles. The lowest BCUT2D eigenvalue weighted by Crippen LogP contribution is -2.48. The minimum absolute atomic E-state index is 0.105. The van der Waals surface area contributed by atoms with Crippen molar-refractivity contribution in [3.63, 3.8) is 0 Å². The average Bonchev–Trinajstić information content (AvgIpc) is 3.08. The minimum atomic E-state index is -0.770. The third-order valence-corrected chi connectivity index (χ3v) is 4.67. The Hall–Kier alpha value is -2.87. The first-order valence-corrected chi connectivity index (χ1v) is 9.35. The number of hydrogen-bond donors (Lipinski definition) is 5. The highest BCUT2D eigenvalue weighted by atomic mass is 16.5. The predicted octanol–water partition coefficient (Wildman–Crippen LogP) is 1.50. The van der Waals surface area contributed by atoms with Crippen molar-refractivity contribution in [1.82, 2.24) is 21.1 Å². The Kier molecular flexibility index (Phi) is 7.57. The van der Waals surface area contributed by atoms with Crippen LogP contribution in [0.1, 0.15) is 32.3 Å². The molecule has 0 spiro atoms. The summed E-state index contributed by atoms with van der Waals surface area (Å²) in [5, 5.41) is 15.2. The van der Waals surface area contributed by atoms with Crippen molar-refractivity contribution in [2.24, 2.45) is 11.8 Å². The van der Waals surface area contributed by atoms with Crippen LogP contribution in [0.5, 0.6) is 0 Å². The molecule has 8 nitrogen and oxygen atoms in total. The number of rotatable bonds is 9. The molecule has 0 fully saturated rings. The van der Waals surface area contributed by atoms with Crippen molar-refractivity contribution in [3.05, 3.63) is 36.0 Å². The lowest BCUT2D eigenvalue weighted by Gasteiger charge is -2.20. The summed E-state index contributed by atoms with van der Waals surface area (Å²) in [6.45, 7) is 3.86. The minimum Gasteiger partial charge on any atom is -0.361 e. The number of benzene rings is 1. The summed E-state index contributed by atoms with van der Waals surface area (Å²) >= 11 is 0. The van der Waals surface area contributed by atoms with E-state index < -0.39 is 23.8 Å². The van der Waals surface area contributed by atoms with Gasteiger partial charge in [-0.1, -0.05) is 32.0 Å². The topological polar surface area (TPSA) is 123 Å². The largest absolute Gasteiger partial charge is 0.361 e. The second-order valence-electron chi connectivity index (χ2n) is 7.30. The van der Waals surface area contributed by atoms with Gasteiger partial charge in [0.1, 0.15) is 6.04 Å². The van der Waals surface area contributed by atoms with Gasteiger partial charge in [-0.3, -0.25) is 19.6 Å². The molecule has 0 bridgehead atoms. The lowest BCUT2D eigenvalue weighted by atomic mass is 9.93. The van der Waals surface area contributed by atoms with Crippen LogP contribution in [-0.2, 0) is 20.8 Å². The molecule has 5 N–H and O–H groups in total. The van der Waals surface area contributed by atoms with Crippen LogP contribution < -0.4 is 16.1 Å². The molecule has 1 aromatic heterocycles. The van der Waals surface area contributed by atoms with Crippen LogP contribution in [0.3, 0.4) is 0 Å². The van der Waals surface area contributed by atoms with Crippen LogP contribution in [0.4, 0.5) is 0 Å². The lowest BCUT2D eigenvalue weighted by molar-refractivity contribution is -0.137. The Labute approximate surface area is 164 Å². The number of aromatic amines is 1. The Balaban J connectivity index is 2.11. The van der Waals surface area contributed by atoms with Crippen LogP contribution in [0.2, 0.25) is 0 Å². The van der Waals surface area contributed by atoms with Crippen LogP contribution in [0, 0.1) is 11.8 Å². The van der Waals surface area contributed by atoms with Gasteiger partial charge in [0.2, 0.25) is 17.7 Å². The third-order valence-electron chi connectivity index (χ3n) is 4.67. The molecular formula is C20H28N4O4. The number of hydroxylamine groups is 1. The summed E-state index contributed by atoms with van der Waals surface area (Å²) in [6, 6.07) is 6.96. The number of para-hydroxylation sites is 1. The van der Waals surface area contributed by atoms with Gasteiger partial charge in [0.05, 0.1) is 0 Å². The Morgan fingerprint density at radius 3 is 2.50 bits per heavy atom. The van der Waals surface area contributed by atoms with Gasteiger partial charge in [-0.05, 0) is 24.0 Å². The SMILES string of the molecule is CNC(=O)[C@H](Cc1c[nH]c2ccccc12)NC(=O)CC(CC(C)C)C(=O)NO. The van der Waals surface area contributed by atoms with E-state index in [1.165, 1.54) is 7.05 Å². The molecule has 0 radical (unpaired) electrons. The van der Waals surface area contributed by atoms with Crippen molar-refractivity contribution in [1.29, 1.82) is 0 Å². The first-order chi connectivity index (χ1) is 13.3. The van der Waals surface area contributed by atoms with Crippen molar-refractivity contribution in [2.75, 3.05) is 7.05 Å². The van der Waals surface area contributed by atoms with Gasteiger partial charge in [-0.2, -0.15) is 0 Å². The summed E-state index contributed by atoms with van der Waals surface area (Å²) in [5.74, 6) is -1.82. The molecule has 152 valence electrons. The van der Waals surface area contributed by atoms with Crippen LogP contribution >= 0.6 is 0 Å². The predicted molar refractivity (Wildman–Crippen MR) is 105 cm³/mol. The van der Waals surface area contributed by atoms with E-state index >= 15 is 0 Å². The molecule has 0 aliphatic carbocycles. The van der Waals surface area contributed by atoms with E-state index in [0.717, 1.165) is 16.5 Å². The quantitative estimate of drug-likeness (QED) is 0.330. The van der Waals surface area contributed by atoms with Gasteiger partial charge >= 0.3 is 0 Å². The Morgan fingerprint density at radius 1 is 1.14 bits per heavy atom. The number of carbonyl (C=O) groups excluding carboxylic acids is 3. The third kappa shape index (κ3) is 5.56. The maximum Gasteiger partial charge on any atom is 0.246 e. The number of amides is 3. The molecule has 1 heterocycles. The summed E-state index contributed by atoms with van der Waals surface area (Å²) in [4.78, 5) is 39.8. The van der Waals surface area contributed by atoms with E-state index in [9.17, 15) is 14.4 Å². The highest BCUT2D eigenvalue weighted by molar-refractivity contribution is 5.91. The van der Waals surface area contributed by atoms with Crippen LogP contribution in [-0.4, -0.2) is 41.0 Å². The molecule has 0 aliphatic heterocycles. The molecule has 2 rings (SSSR count). The molecule has 1 aromatic carbocycles. The maximum atomic E-state index is 12.5. The standard InChI is InChI=1S/C20H28N4O4/c1-12(2)8-13(19(26)24-28)10-18(25)23-17(20(27)21-3)9-14-11-22-16-7-5-4-6-15(14)16/h4-7,11-13,17,22,28H,8-10H2,1-3H3,(H,21,27)(H,23,25)(H,24,26)/t13?,17-/m0/s1. The number of hydrogen-bond acceptors (Lipinski definition) is 4. The van der Waals surface area contributed by atoms with Gasteiger partial charge in [-0.25, -0.2) is 5.48 Å². The second-order valence-corrected chi connectivity index (χ2v) is 7.30. The van der Waals surface area contributed by atoms with Crippen molar-refractivity contribution in [2.45, 2.75) is 39.2 Å². The van der Waals surface area contributed by atoms with E-state index in [1.54, 1.807) is 5.48 Å². The smallest absolute Gasteiger partial charge is 0.246 e. The second kappa shape index (κ2) is 9.89. The molecule has 1 unspecified atom stereocenters. The normalized spacial score (nSPS) is 13.2. The zero-order valence-electron chi connectivity index (χ0n) is 16.4. The molecule has 8 heteroatoms. The van der Waals surface area contributed by atoms with E-state index in [1.807, 2.05) is 44.3 Å². The first kappa shape index (κ1) is 21.4. The number of likely N-dealkylation sites (N-methyl/N-ethyl adjacent to an activating group) is 1. The van der Waals surface area contributed by atoms with E-state index in [2.05, 4.69) is 15.6 Å². The van der Waals surface area contributed by atoms with Gasteiger partial charge < -0.3 is 15.6 Å². The zero-order chi connectivity index (χ0) is 20.7. The number of nitrogens with one attached hydrogen (secondary N) is 4. The van der Waals surface area contributed by atoms with Gasteiger partial charge in [0.25, 0.3) is 0 Å². The summed E-state index contributed by atoms with van der Waals surface area (Å²) in [6.07, 6.45) is 2.49. The zero-order valence-corrected chi connectivity index (χ0v) is 16.4. The molecule has 28 heavy (non-hydrogen) atoms. The average molecular weight is 388 g/mol. The van der Waals surface area contributed by atoms with Crippen molar-refractivity contribution >= 4 is 28.6 Å². The Bertz CT molecular complexity index is 830. The van der Waals surface area contributed by atoms with Gasteiger partial charge in [-0.15, -0.1) is 0 Å². The van der Waals surface area contributed by atoms with E-state index in [0.29, 0.717) is 12.8 Å². The molecular weight excluding hydrogens is 360 g/mol. The Morgan fingerprint density at radius 2 is 1.86 bits per heavy atom. The molecule has 2 atom stereocenters. The van der Waals surface area contributed by atoms with Crippen LogP contribution in [0.15, 0.2) is 30.5 Å². The fourth-order valence-corrected chi connectivity index (χ4v) is 3.32. The van der Waals surface area contributed by atoms with E-state index in [4.69, 9.17) is 5.21 Å². The van der Waals surface area contributed by atoms with E-state index in [-0.39, 0.29) is 18.2 Å². The highest BCUT2D eigenvalue weighted by Crippen LogP contribution is 2.20. The molecule has 0 saturated heterocycles. The fraction of sp³-hybridized carbons (Fsp3) is 0.450. The number of fused-ring (bicyclic) bond motifs is 1. The van der Waals surface area contributed by atoms with Crippen molar-refractivity contribution in [3.8, 4) is 0 Å². The van der Waals surface area contributed by atoms with Crippen molar-refractivity contribution < 1.29 is 19.6 Å². The summed E-state index contributed by atoms with van der Waals surface area (Å²) in [7, 11) is 1.51. The van der Waals surface area contributed by atoms with Gasteiger partial charge in [0, 0.05) is 42.9 Å². The number of carbonyl (C=O) groups is 3. The van der Waals surface area contributed by atoms with Gasteiger partial charge in [0.15, 0.2) is 0 Å². The maximum absolute atomic E-state index is 12.5. The fourth-order valence-electron chi connectivity index (χ4n) is 3.32. The monoisotopic (exact) mass is 388 g/mol. The highest BCUT2D eigenvalue weighted by Gasteiger charge is 2.26. The molecule has 2 aromatic rings. The number of H-pyrrole nitrogens is 1.